The molecule has 1 aromatic carbocycles. The van der Waals surface area contributed by atoms with E-state index in [4.69, 9.17) is 4.98 Å². The van der Waals surface area contributed by atoms with Gasteiger partial charge in [-0.3, -0.25) is 24.3 Å². The van der Waals surface area contributed by atoms with Crippen LogP contribution >= 0.6 is 11.3 Å². The molecular weight excluding hydrogens is 430 g/mol. The van der Waals surface area contributed by atoms with Gasteiger partial charge in [-0.15, -0.1) is 11.3 Å². The highest BCUT2D eigenvalue weighted by atomic mass is 32.1. The predicted octanol–water partition coefficient (Wildman–Crippen LogP) is 3.19. The molecule has 2 aromatic heterocycles. The van der Waals surface area contributed by atoms with Gasteiger partial charge in [-0.1, -0.05) is 6.92 Å². The zero-order chi connectivity index (χ0) is 23.0. The van der Waals surface area contributed by atoms with Crippen molar-refractivity contribution in [2.45, 2.75) is 39.3 Å². The minimum atomic E-state index is -0.498. The molecule has 4 rings (SSSR count). The summed E-state index contributed by atoms with van der Waals surface area (Å²) in [5.41, 5.74) is 1.27. The summed E-state index contributed by atoms with van der Waals surface area (Å²) in [6.45, 7) is 2.47. The van der Waals surface area contributed by atoms with Gasteiger partial charge in [0.25, 0.3) is 11.2 Å². The van der Waals surface area contributed by atoms with Crippen molar-refractivity contribution in [2.75, 3.05) is 19.4 Å². The monoisotopic (exact) mass is 455 g/mol. The van der Waals surface area contributed by atoms with E-state index in [1.807, 2.05) is 19.0 Å². The molecule has 0 fully saturated rings. The van der Waals surface area contributed by atoms with Crippen molar-refractivity contribution in [1.82, 2.24) is 14.5 Å². The van der Waals surface area contributed by atoms with Gasteiger partial charge in [0.15, 0.2) is 0 Å². The smallest absolute Gasteiger partial charge is 0.269 e. The number of nitrogens with one attached hydrogen (secondary N) is 1. The highest BCUT2D eigenvalue weighted by molar-refractivity contribution is 7.18. The summed E-state index contributed by atoms with van der Waals surface area (Å²) in [6.07, 6.45) is 2.85. The maximum absolute atomic E-state index is 13.5. The van der Waals surface area contributed by atoms with Gasteiger partial charge in [-0.2, -0.15) is 0 Å². The molecule has 9 nitrogen and oxygen atoms in total. The first-order valence-electron chi connectivity index (χ1n) is 10.5. The molecule has 168 valence electrons. The number of rotatable bonds is 6. The number of non-ortho nitro benzene ring substituents is 1. The number of nitrogens with zero attached hydrogens (tertiary/aromatic N) is 4. The Morgan fingerprint density at radius 2 is 2.06 bits per heavy atom. The van der Waals surface area contributed by atoms with Crippen LogP contribution in [-0.4, -0.2) is 39.4 Å². The number of nitro benzene ring substituents is 1. The number of thiophene rings is 1. The van der Waals surface area contributed by atoms with Gasteiger partial charge >= 0.3 is 0 Å². The Bertz CT molecular complexity index is 1250. The van der Waals surface area contributed by atoms with Crippen molar-refractivity contribution in [3.05, 3.63) is 61.0 Å². The van der Waals surface area contributed by atoms with Gasteiger partial charge < -0.3 is 10.2 Å². The highest BCUT2D eigenvalue weighted by Gasteiger charge is 2.25. The van der Waals surface area contributed by atoms with Crippen LogP contribution in [0.2, 0.25) is 0 Å². The third-order valence-electron chi connectivity index (χ3n) is 5.62. The lowest BCUT2D eigenvalue weighted by Crippen LogP contribution is -2.33. The van der Waals surface area contributed by atoms with Crippen molar-refractivity contribution < 1.29 is 9.72 Å². The molecule has 1 N–H and O–H groups in total. The zero-order valence-corrected chi connectivity index (χ0v) is 19.1. The molecule has 2 heterocycles. The standard InChI is InChI=1S/C22H25N5O4S/c1-13-4-9-16-17(10-13)32-21-20(16)22(29)26(18(24-21)11-25(2)3)12-19(28)23-14-5-7-15(8-6-14)27(30)31/h5-8,13H,4,9-12H2,1-3H3,(H,23,28). The normalized spacial score (nSPS) is 15.7. The molecule has 0 saturated carbocycles. The molecule has 1 unspecified atom stereocenters. The fourth-order valence-electron chi connectivity index (χ4n) is 4.04. The Kier molecular flexibility index (Phi) is 6.07. The summed E-state index contributed by atoms with van der Waals surface area (Å²) in [5, 5.41) is 14.2. The Hall–Kier alpha value is -3.11. The number of amides is 1. The van der Waals surface area contributed by atoms with E-state index >= 15 is 0 Å². The van der Waals surface area contributed by atoms with Gasteiger partial charge in [0.05, 0.1) is 16.9 Å². The van der Waals surface area contributed by atoms with Gasteiger partial charge in [-0.25, -0.2) is 4.98 Å². The number of aromatic nitrogens is 2. The maximum atomic E-state index is 13.5. The molecule has 10 heteroatoms. The number of benzene rings is 1. The fraction of sp³-hybridized carbons (Fsp3) is 0.409. The van der Waals surface area contributed by atoms with Crippen LogP contribution < -0.4 is 10.9 Å². The van der Waals surface area contributed by atoms with Crippen molar-refractivity contribution in [1.29, 1.82) is 0 Å². The van der Waals surface area contributed by atoms with Crippen LogP contribution in [0.4, 0.5) is 11.4 Å². The Labute approximate surface area is 188 Å². The number of fused-ring (bicyclic) bond motifs is 3. The average molecular weight is 456 g/mol. The van der Waals surface area contributed by atoms with Crippen molar-refractivity contribution in [3.63, 3.8) is 0 Å². The van der Waals surface area contributed by atoms with Crippen LogP contribution in [0.3, 0.4) is 0 Å². The summed E-state index contributed by atoms with van der Waals surface area (Å²) in [4.78, 5) is 45.2. The summed E-state index contributed by atoms with van der Waals surface area (Å²) < 4.78 is 1.45. The van der Waals surface area contributed by atoms with Crippen LogP contribution in [0.1, 0.15) is 29.6 Å². The second-order valence-corrected chi connectivity index (χ2v) is 9.62. The summed E-state index contributed by atoms with van der Waals surface area (Å²) in [6, 6.07) is 5.59. The number of aryl methyl sites for hydroxylation is 1. The molecule has 1 atom stereocenters. The van der Waals surface area contributed by atoms with E-state index < -0.39 is 4.92 Å². The molecule has 3 aromatic rings. The third-order valence-corrected chi connectivity index (χ3v) is 6.76. The Morgan fingerprint density at radius 1 is 1.34 bits per heavy atom. The number of carbonyl (C=O) groups excluding carboxylic acids is 1. The quantitative estimate of drug-likeness (QED) is 0.451. The minimum absolute atomic E-state index is 0.0568. The lowest BCUT2D eigenvalue weighted by molar-refractivity contribution is -0.384. The van der Waals surface area contributed by atoms with E-state index in [0.717, 1.165) is 29.7 Å². The summed E-state index contributed by atoms with van der Waals surface area (Å²) in [5.74, 6) is 0.740. The van der Waals surface area contributed by atoms with Crippen LogP contribution in [0, 0.1) is 16.0 Å². The number of anilines is 1. The van der Waals surface area contributed by atoms with Gasteiger partial charge in [-0.05, 0) is 57.0 Å². The molecular formula is C22H25N5O4S. The lowest BCUT2D eigenvalue weighted by atomic mass is 9.89. The number of nitro groups is 1. The van der Waals surface area contributed by atoms with Crippen molar-refractivity contribution >= 4 is 38.8 Å². The minimum Gasteiger partial charge on any atom is -0.325 e. The number of hydrogen-bond acceptors (Lipinski definition) is 7. The molecule has 0 saturated heterocycles. The van der Waals surface area contributed by atoms with E-state index in [1.54, 1.807) is 11.3 Å². The fourth-order valence-corrected chi connectivity index (χ4v) is 5.43. The SMILES string of the molecule is CC1CCc2c(sc3nc(CN(C)C)n(CC(=O)Nc4ccc([N+](=O)[O-])cc4)c(=O)c23)C1. The van der Waals surface area contributed by atoms with E-state index in [2.05, 4.69) is 12.2 Å². The maximum Gasteiger partial charge on any atom is 0.269 e. The van der Waals surface area contributed by atoms with E-state index in [9.17, 15) is 19.7 Å². The summed E-state index contributed by atoms with van der Waals surface area (Å²) in [7, 11) is 3.78. The van der Waals surface area contributed by atoms with Gasteiger partial charge in [0.2, 0.25) is 5.91 Å². The molecule has 1 aliphatic carbocycles. The molecule has 0 aliphatic heterocycles. The van der Waals surface area contributed by atoms with Crippen LogP contribution in [-0.2, 0) is 30.7 Å². The predicted molar refractivity (Wildman–Crippen MR) is 124 cm³/mol. The summed E-state index contributed by atoms with van der Waals surface area (Å²) >= 11 is 1.59. The molecule has 1 amide bonds. The topological polar surface area (TPSA) is 110 Å². The Morgan fingerprint density at radius 3 is 2.72 bits per heavy atom. The van der Waals surface area contributed by atoms with Crippen LogP contribution in [0.15, 0.2) is 29.1 Å². The van der Waals surface area contributed by atoms with Crippen LogP contribution in [0.5, 0.6) is 0 Å². The Balaban J connectivity index is 1.68. The molecule has 0 radical (unpaired) electrons. The first-order chi connectivity index (χ1) is 15.2. The largest absolute Gasteiger partial charge is 0.325 e. The second kappa shape index (κ2) is 8.79. The average Bonchev–Trinajstić information content (AvgIpc) is 3.08. The van der Waals surface area contributed by atoms with E-state index in [1.165, 1.54) is 33.7 Å². The lowest BCUT2D eigenvalue weighted by Gasteiger charge is -2.18. The van der Waals surface area contributed by atoms with E-state index in [-0.39, 0.29) is 23.7 Å². The number of hydrogen-bond donors (Lipinski definition) is 1. The van der Waals surface area contributed by atoms with Gasteiger partial charge in [0.1, 0.15) is 17.2 Å². The number of carbonyl (C=O) groups is 1. The van der Waals surface area contributed by atoms with Crippen molar-refractivity contribution in [2.24, 2.45) is 5.92 Å². The molecule has 0 bridgehead atoms. The molecule has 32 heavy (non-hydrogen) atoms. The van der Waals surface area contributed by atoms with Crippen molar-refractivity contribution in [3.8, 4) is 0 Å². The zero-order valence-electron chi connectivity index (χ0n) is 18.3. The second-order valence-electron chi connectivity index (χ2n) is 8.54. The van der Waals surface area contributed by atoms with Crippen LogP contribution in [0.25, 0.3) is 10.2 Å². The first kappa shape index (κ1) is 22.1. The molecule has 0 spiro atoms. The van der Waals surface area contributed by atoms with E-state index in [0.29, 0.717) is 29.4 Å². The molecule has 1 aliphatic rings. The third kappa shape index (κ3) is 4.42. The van der Waals surface area contributed by atoms with Gasteiger partial charge in [0, 0.05) is 22.7 Å². The first-order valence-corrected chi connectivity index (χ1v) is 11.3. The highest BCUT2D eigenvalue weighted by Crippen LogP contribution is 2.35.